The fraction of sp³-hybridized carbons (Fsp3) is 0.500. The minimum Gasteiger partial charge on any atom is -0.201 e. The largest absolute Gasteiger partial charge is 0.212 e. The predicted octanol–water partition coefficient (Wildman–Crippen LogP) is 5.33. The minimum atomic E-state index is 0.317. The van der Waals surface area contributed by atoms with E-state index in [1.807, 2.05) is 0 Å². The second-order valence-corrected chi connectivity index (χ2v) is 8.10. The van der Waals surface area contributed by atoms with Gasteiger partial charge in [-0.15, -0.1) is 0 Å². The minimum absolute atomic E-state index is 0.317. The summed E-state index contributed by atoms with van der Waals surface area (Å²) in [6.07, 6.45) is 3.35. The fourth-order valence-corrected chi connectivity index (χ4v) is 2.94. The molecule has 0 fully saturated rings. The first-order valence-electron chi connectivity index (χ1n) is 8.68. The van der Waals surface area contributed by atoms with Crippen LogP contribution in [0.4, 0.5) is 0 Å². The van der Waals surface area contributed by atoms with Crippen molar-refractivity contribution in [2.24, 2.45) is 18.4 Å². The maximum Gasteiger partial charge on any atom is 0.212 e. The van der Waals surface area contributed by atoms with Crippen LogP contribution in [0.5, 0.6) is 0 Å². The summed E-state index contributed by atoms with van der Waals surface area (Å²) < 4.78 is 2.25. The quantitative estimate of drug-likeness (QED) is 0.672. The highest BCUT2D eigenvalue weighted by molar-refractivity contribution is 5.63. The van der Waals surface area contributed by atoms with E-state index in [4.69, 9.17) is 0 Å². The van der Waals surface area contributed by atoms with Gasteiger partial charge in [-0.25, -0.2) is 4.57 Å². The van der Waals surface area contributed by atoms with E-state index < -0.39 is 0 Å². The van der Waals surface area contributed by atoms with E-state index in [1.165, 1.54) is 33.5 Å². The van der Waals surface area contributed by atoms with E-state index in [-0.39, 0.29) is 0 Å². The van der Waals surface area contributed by atoms with Crippen molar-refractivity contribution in [3.05, 3.63) is 52.7 Å². The molecule has 0 bridgehead atoms. The molecular weight excluding hydrogens is 278 g/mol. The van der Waals surface area contributed by atoms with Gasteiger partial charge in [0.2, 0.25) is 5.69 Å². The third-order valence-corrected chi connectivity index (χ3v) is 5.54. The summed E-state index contributed by atoms with van der Waals surface area (Å²) in [5, 5.41) is 0. The van der Waals surface area contributed by atoms with Crippen LogP contribution >= 0.6 is 0 Å². The van der Waals surface area contributed by atoms with Crippen LogP contribution in [-0.4, -0.2) is 0 Å². The molecule has 0 N–H and O–H groups in total. The van der Waals surface area contributed by atoms with Crippen LogP contribution in [-0.2, 0) is 13.5 Å². The van der Waals surface area contributed by atoms with E-state index in [9.17, 15) is 0 Å². The first kappa shape index (κ1) is 17.7. The lowest BCUT2D eigenvalue weighted by Crippen LogP contribution is -2.31. The molecule has 23 heavy (non-hydrogen) atoms. The van der Waals surface area contributed by atoms with Crippen molar-refractivity contribution in [1.29, 1.82) is 0 Å². The smallest absolute Gasteiger partial charge is 0.201 e. The zero-order valence-corrected chi connectivity index (χ0v) is 16.1. The molecule has 0 aliphatic carbocycles. The van der Waals surface area contributed by atoms with E-state index in [1.54, 1.807) is 0 Å². The Balaban J connectivity index is 2.49. The number of nitrogens with zero attached hydrogens (tertiary/aromatic N) is 1. The Labute approximate surface area is 142 Å². The molecule has 0 spiro atoms. The monoisotopic (exact) mass is 310 g/mol. The average Bonchev–Trinajstić information content (AvgIpc) is 2.45. The highest BCUT2D eigenvalue weighted by Crippen LogP contribution is 2.32. The van der Waals surface area contributed by atoms with E-state index in [0.717, 1.165) is 6.42 Å². The topological polar surface area (TPSA) is 3.88 Å². The summed E-state index contributed by atoms with van der Waals surface area (Å²) >= 11 is 0. The molecule has 2 rings (SSSR count). The predicted molar refractivity (Wildman–Crippen MR) is 99.6 cm³/mol. The molecule has 0 radical (unpaired) electrons. The van der Waals surface area contributed by atoms with Crippen molar-refractivity contribution in [1.82, 2.24) is 0 Å². The summed E-state index contributed by atoms with van der Waals surface area (Å²) in [6, 6.07) is 9.28. The maximum absolute atomic E-state index is 2.39. The SMILES string of the molecule is Cc1cc(-c2cc(CC(C)(C)C(C)C)ccc2C)[n+](C)cc1C. The lowest BCUT2D eigenvalue weighted by atomic mass is 9.76. The lowest BCUT2D eigenvalue weighted by molar-refractivity contribution is -0.660. The molecule has 0 saturated heterocycles. The first-order valence-corrected chi connectivity index (χ1v) is 8.68. The van der Waals surface area contributed by atoms with Gasteiger partial charge in [0, 0.05) is 17.2 Å². The normalized spacial score (nSPS) is 12.0. The van der Waals surface area contributed by atoms with Crippen molar-refractivity contribution in [2.75, 3.05) is 0 Å². The van der Waals surface area contributed by atoms with Crippen molar-refractivity contribution in [3.63, 3.8) is 0 Å². The van der Waals surface area contributed by atoms with Gasteiger partial charge in [-0.05, 0) is 61.3 Å². The summed E-state index contributed by atoms with van der Waals surface area (Å²) in [6.45, 7) is 16.0. The molecule has 0 atom stereocenters. The number of aromatic nitrogens is 1. The zero-order valence-electron chi connectivity index (χ0n) is 16.1. The highest BCUT2D eigenvalue weighted by Gasteiger charge is 2.23. The lowest BCUT2D eigenvalue weighted by Gasteiger charge is -2.29. The number of pyridine rings is 1. The van der Waals surface area contributed by atoms with Crippen LogP contribution in [0, 0.1) is 32.1 Å². The number of rotatable bonds is 4. The van der Waals surface area contributed by atoms with Crippen molar-refractivity contribution >= 4 is 0 Å². The Morgan fingerprint density at radius 3 is 2.22 bits per heavy atom. The number of aryl methyl sites for hydroxylation is 4. The van der Waals surface area contributed by atoms with Crippen molar-refractivity contribution in [2.45, 2.75) is 54.9 Å². The first-order chi connectivity index (χ1) is 10.6. The van der Waals surface area contributed by atoms with Crippen LogP contribution in [0.2, 0.25) is 0 Å². The zero-order chi connectivity index (χ0) is 17.4. The molecule has 0 saturated carbocycles. The number of hydrogen-bond donors (Lipinski definition) is 0. The molecule has 124 valence electrons. The average molecular weight is 311 g/mol. The van der Waals surface area contributed by atoms with E-state index in [2.05, 4.69) is 90.5 Å². The van der Waals surface area contributed by atoms with Crippen LogP contribution in [0.15, 0.2) is 30.5 Å². The van der Waals surface area contributed by atoms with Crippen molar-refractivity contribution < 1.29 is 4.57 Å². The van der Waals surface area contributed by atoms with E-state index in [0.29, 0.717) is 11.3 Å². The summed E-state index contributed by atoms with van der Waals surface area (Å²) in [5.74, 6) is 0.671. The maximum atomic E-state index is 2.39. The Bertz CT molecular complexity index is 708. The Morgan fingerprint density at radius 1 is 0.957 bits per heavy atom. The Morgan fingerprint density at radius 2 is 1.61 bits per heavy atom. The van der Waals surface area contributed by atoms with Crippen LogP contribution in [0.1, 0.15) is 49.9 Å². The molecule has 1 nitrogen and oxygen atoms in total. The molecule has 0 unspecified atom stereocenters. The second kappa shape index (κ2) is 6.47. The highest BCUT2D eigenvalue weighted by atomic mass is 14.9. The van der Waals surface area contributed by atoms with Gasteiger partial charge in [-0.1, -0.05) is 39.8 Å². The van der Waals surface area contributed by atoms with Crippen LogP contribution in [0.25, 0.3) is 11.3 Å². The van der Waals surface area contributed by atoms with Crippen LogP contribution in [0.3, 0.4) is 0 Å². The Kier molecular flexibility index (Phi) is 4.98. The van der Waals surface area contributed by atoms with Gasteiger partial charge in [0.1, 0.15) is 7.05 Å². The van der Waals surface area contributed by atoms with Crippen molar-refractivity contribution in [3.8, 4) is 11.3 Å². The molecule has 0 aliphatic heterocycles. The summed E-state index contributed by atoms with van der Waals surface area (Å²) in [5.41, 5.74) is 8.44. The van der Waals surface area contributed by atoms with Gasteiger partial charge >= 0.3 is 0 Å². The third kappa shape index (κ3) is 3.83. The molecule has 1 aromatic carbocycles. The van der Waals surface area contributed by atoms with E-state index >= 15 is 0 Å². The molecular formula is C22H32N+. The van der Waals surface area contributed by atoms with Gasteiger partial charge in [-0.2, -0.15) is 0 Å². The third-order valence-electron chi connectivity index (χ3n) is 5.54. The summed E-state index contributed by atoms with van der Waals surface area (Å²) in [4.78, 5) is 0. The molecule has 1 heterocycles. The molecule has 2 aromatic rings. The molecule has 1 heteroatoms. The number of benzene rings is 1. The molecule has 0 amide bonds. The van der Waals surface area contributed by atoms with Gasteiger partial charge in [-0.3, -0.25) is 0 Å². The van der Waals surface area contributed by atoms with Gasteiger partial charge in [0.15, 0.2) is 6.20 Å². The van der Waals surface area contributed by atoms with Gasteiger partial charge < -0.3 is 0 Å². The standard InChI is InChI=1S/C22H32N/c1-15(2)22(6,7)13-19-10-9-16(3)20(12-19)21-11-17(4)18(5)14-23(21)8/h9-12,14-15H,13H2,1-8H3/q+1. The van der Waals surface area contributed by atoms with Crippen LogP contribution < -0.4 is 4.57 Å². The summed E-state index contributed by atoms with van der Waals surface area (Å²) in [7, 11) is 2.14. The Hall–Kier alpha value is -1.63. The van der Waals surface area contributed by atoms with Gasteiger partial charge in [0.05, 0.1) is 0 Å². The van der Waals surface area contributed by atoms with Gasteiger partial charge in [0.25, 0.3) is 0 Å². The molecule has 0 aliphatic rings. The second-order valence-electron chi connectivity index (χ2n) is 8.10. The number of hydrogen-bond acceptors (Lipinski definition) is 0. The molecule has 1 aromatic heterocycles. The fourth-order valence-electron chi connectivity index (χ4n) is 2.94.